The van der Waals surface area contributed by atoms with Crippen LogP contribution in [-0.4, -0.2) is 214 Å². The van der Waals surface area contributed by atoms with Gasteiger partial charge in [0.25, 0.3) is 0 Å². The molecule has 0 radical (unpaired) electrons. The minimum absolute atomic E-state index is 0.0161. The van der Waals surface area contributed by atoms with E-state index in [9.17, 15) is 33.6 Å². The molecule has 3 N–H and O–H groups in total. The number of unbranched alkanes of at least 4 members (excludes halogenated alkanes) is 1. The van der Waals surface area contributed by atoms with Crippen LogP contribution >= 0.6 is 0 Å². The third-order valence-electron chi connectivity index (χ3n) is 13.1. The van der Waals surface area contributed by atoms with Gasteiger partial charge in [-0.1, -0.05) is 48.5 Å². The topological polar surface area (TPSA) is 233 Å². The molecule has 0 spiro atoms. The normalized spacial score (nSPS) is 16.3. The van der Waals surface area contributed by atoms with Crippen LogP contribution in [-0.2, 0) is 61.9 Å². The number of alkyl carbamates (subject to hydrolysis) is 1. The molecule has 1 fully saturated rings. The molecule has 2 aromatic carbocycles. The lowest BCUT2D eigenvalue weighted by Crippen LogP contribution is -2.53. The molecule has 21 heteroatoms. The Morgan fingerprint density at radius 1 is 0.549 bits per heavy atom. The summed E-state index contributed by atoms with van der Waals surface area (Å²) in [6, 6.07) is 14.2. The molecule has 0 aromatic heterocycles. The van der Waals surface area contributed by atoms with Gasteiger partial charge < -0.3 is 49.1 Å². The van der Waals surface area contributed by atoms with Crippen LogP contribution in [0.5, 0.6) is 0 Å². The van der Waals surface area contributed by atoms with Crippen molar-refractivity contribution < 1.29 is 66.7 Å². The van der Waals surface area contributed by atoms with Gasteiger partial charge in [-0.3, -0.25) is 48.4 Å². The number of rotatable bonds is 26. The zero-order valence-electron chi connectivity index (χ0n) is 51.4. The molecular formula is C61H97N7O14. The summed E-state index contributed by atoms with van der Waals surface area (Å²) in [5.41, 5.74) is 1.29. The van der Waals surface area contributed by atoms with Crippen molar-refractivity contribution in [2.75, 3.05) is 119 Å². The highest BCUT2D eigenvalue weighted by Crippen LogP contribution is 2.44. The average Bonchev–Trinajstić information content (AvgIpc) is 3.39. The van der Waals surface area contributed by atoms with Crippen molar-refractivity contribution in [3.05, 3.63) is 59.7 Å². The van der Waals surface area contributed by atoms with Gasteiger partial charge in [0.15, 0.2) is 0 Å². The van der Waals surface area contributed by atoms with Gasteiger partial charge in [0, 0.05) is 84.9 Å². The third-order valence-corrected chi connectivity index (χ3v) is 13.1. The molecule has 0 saturated carbocycles. The first-order valence-electron chi connectivity index (χ1n) is 29.0. The monoisotopic (exact) mass is 1150 g/mol. The molecule has 1 aliphatic heterocycles. The van der Waals surface area contributed by atoms with E-state index in [1.165, 1.54) is 0 Å². The molecule has 2 atom stereocenters. The summed E-state index contributed by atoms with van der Waals surface area (Å²) in [6.45, 7) is 25.6. The van der Waals surface area contributed by atoms with Gasteiger partial charge in [0.05, 0.1) is 39.5 Å². The quantitative estimate of drug-likeness (QED) is 0.0583. The van der Waals surface area contributed by atoms with Crippen molar-refractivity contribution >= 4 is 41.8 Å². The summed E-state index contributed by atoms with van der Waals surface area (Å²) in [5.74, 6) is -2.66. The standard InChI is InChI=1S/C61H97N7O14/c1-58(2,3)79-52(70)40-65-29-31-66(41-53(71)80-59(4,5)6)33-35-68(36-34-67(32-30-65)42-54(72)81-60(7,8)9)50(56(74)82-61(10,11)12)25-26-51(69)62-27-19-18-24-49(55(73)63-28-37-77-39-38-76-13)64-57(75)78-43-48-46-22-16-14-20-44(46)45-21-15-17-23-47(45)48/h14-17,20-23,48-50H,18-19,24-43H2,1-13H3,(H,62,69)(H,63,73)(H,64,75). The van der Waals surface area contributed by atoms with E-state index in [1.54, 1.807) is 90.2 Å². The van der Waals surface area contributed by atoms with Crippen molar-refractivity contribution in [2.24, 2.45) is 0 Å². The zero-order chi connectivity index (χ0) is 60.7. The van der Waals surface area contributed by atoms with Crippen LogP contribution < -0.4 is 16.0 Å². The predicted octanol–water partition coefficient (Wildman–Crippen LogP) is 5.70. The van der Waals surface area contributed by atoms with Gasteiger partial charge >= 0.3 is 30.0 Å². The minimum Gasteiger partial charge on any atom is -0.459 e. The third kappa shape index (κ3) is 26.7. The van der Waals surface area contributed by atoms with Crippen LogP contribution in [0.4, 0.5) is 4.79 Å². The maximum atomic E-state index is 14.3. The molecule has 2 unspecified atom stereocenters. The molecule has 82 heavy (non-hydrogen) atoms. The highest BCUT2D eigenvalue weighted by atomic mass is 16.6. The summed E-state index contributed by atoms with van der Waals surface area (Å²) >= 11 is 0. The Kier molecular flexibility index (Phi) is 27.6. The summed E-state index contributed by atoms with van der Waals surface area (Å²) in [4.78, 5) is 103. The average molecular weight is 1150 g/mol. The van der Waals surface area contributed by atoms with Crippen molar-refractivity contribution in [3.8, 4) is 11.1 Å². The van der Waals surface area contributed by atoms with Gasteiger partial charge in [0.2, 0.25) is 11.8 Å². The van der Waals surface area contributed by atoms with Gasteiger partial charge in [-0.2, -0.15) is 0 Å². The van der Waals surface area contributed by atoms with Crippen LogP contribution in [0.15, 0.2) is 48.5 Å². The van der Waals surface area contributed by atoms with Crippen LogP contribution in [0.1, 0.15) is 132 Å². The Hall–Kier alpha value is -5.71. The number of nitrogens with zero attached hydrogens (tertiary/aromatic N) is 4. The fourth-order valence-electron chi connectivity index (χ4n) is 9.55. The van der Waals surface area contributed by atoms with E-state index < -0.39 is 70.4 Å². The first-order chi connectivity index (χ1) is 38.5. The van der Waals surface area contributed by atoms with Crippen LogP contribution in [0.3, 0.4) is 0 Å². The fraction of sp³-hybridized carbons (Fsp3) is 0.689. The van der Waals surface area contributed by atoms with Crippen molar-refractivity contribution in [3.63, 3.8) is 0 Å². The maximum absolute atomic E-state index is 14.3. The highest BCUT2D eigenvalue weighted by molar-refractivity contribution is 5.86. The first-order valence-corrected chi connectivity index (χ1v) is 29.0. The molecule has 1 heterocycles. The van der Waals surface area contributed by atoms with Crippen LogP contribution in [0.2, 0.25) is 0 Å². The molecule has 0 bridgehead atoms. The van der Waals surface area contributed by atoms with Gasteiger partial charge in [-0.15, -0.1) is 0 Å². The summed E-state index contributed by atoms with van der Waals surface area (Å²) in [6.07, 6.45) is 0.508. The Balaban J connectivity index is 1.47. The molecular weight excluding hydrogens is 1050 g/mol. The summed E-state index contributed by atoms with van der Waals surface area (Å²) in [5, 5.41) is 8.60. The molecule has 2 aliphatic rings. The van der Waals surface area contributed by atoms with Gasteiger partial charge in [-0.25, -0.2) is 4.79 Å². The second kappa shape index (κ2) is 33.0. The Labute approximate surface area is 487 Å². The zero-order valence-corrected chi connectivity index (χ0v) is 51.4. The lowest BCUT2D eigenvalue weighted by atomic mass is 9.98. The van der Waals surface area contributed by atoms with E-state index in [0.717, 1.165) is 22.3 Å². The molecule has 1 saturated heterocycles. The minimum atomic E-state index is -0.934. The van der Waals surface area contributed by atoms with Gasteiger partial charge in [-0.05, 0) is 131 Å². The summed E-state index contributed by atoms with van der Waals surface area (Å²) < 4.78 is 39.5. The number of nitrogens with one attached hydrogen (secondary N) is 3. The number of hydrogen-bond acceptors (Lipinski definition) is 18. The molecule has 3 amide bonds. The number of methoxy groups -OCH3 is 1. The second-order valence-corrected chi connectivity index (χ2v) is 25.0. The number of esters is 4. The predicted molar refractivity (Wildman–Crippen MR) is 312 cm³/mol. The van der Waals surface area contributed by atoms with E-state index in [-0.39, 0.29) is 90.1 Å². The SMILES string of the molecule is COCCOCCNC(=O)C(CCCCNC(=O)CCC(C(=O)OC(C)(C)C)N1CCN(CC(=O)OC(C)(C)C)CCN(CC(=O)OC(C)(C)C)CCN(CC(=O)OC(C)(C)C)CC1)NC(=O)OCC1c2ccccc2-c2ccccc21. The second-order valence-electron chi connectivity index (χ2n) is 25.0. The number of ether oxygens (including phenoxy) is 7. The van der Waals surface area contributed by atoms with Crippen molar-refractivity contribution in [1.29, 1.82) is 0 Å². The Morgan fingerprint density at radius 2 is 1.01 bits per heavy atom. The number of benzene rings is 2. The number of carbonyl (C=O) groups excluding carboxylic acids is 7. The molecule has 21 nitrogen and oxygen atoms in total. The van der Waals surface area contributed by atoms with Crippen LogP contribution in [0, 0.1) is 0 Å². The smallest absolute Gasteiger partial charge is 0.407 e. The largest absolute Gasteiger partial charge is 0.459 e. The number of amides is 3. The molecule has 2 aromatic rings. The Morgan fingerprint density at radius 3 is 1.48 bits per heavy atom. The van der Waals surface area contributed by atoms with Crippen molar-refractivity contribution in [2.45, 2.75) is 156 Å². The van der Waals surface area contributed by atoms with E-state index in [4.69, 9.17) is 33.2 Å². The lowest BCUT2D eigenvalue weighted by Gasteiger charge is -2.37. The summed E-state index contributed by atoms with van der Waals surface area (Å²) in [7, 11) is 1.57. The van der Waals surface area contributed by atoms with E-state index in [2.05, 4.69) is 28.1 Å². The lowest BCUT2D eigenvalue weighted by molar-refractivity contribution is -0.163. The first kappa shape index (κ1) is 68.8. The fourth-order valence-corrected chi connectivity index (χ4v) is 9.55. The number of hydrogen-bond donors (Lipinski definition) is 3. The van der Waals surface area contributed by atoms with E-state index >= 15 is 0 Å². The molecule has 1 aliphatic carbocycles. The number of carbonyl (C=O) groups is 7. The van der Waals surface area contributed by atoms with Gasteiger partial charge in [0.1, 0.15) is 41.1 Å². The number of fused-ring (bicyclic) bond motifs is 3. The highest BCUT2D eigenvalue weighted by Gasteiger charge is 2.34. The maximum Gasteiger partial charge on any atom is 0.407 e. The molecule has 460 valence electrons. The van der Waals surface area contributed by atoms with Crippen molar-refractivity contribution in [1.82, 2.24) is 35.6 Å². The van der Waals surface area contributed by atoms with Crippen LogP contribution in [0.25, 0.3) is 11.1 Å². The van der Waals surface area contributed by atoms with E-state index in [1.807, 2.05) is 56.0 Å². The Bertz CT molecular complexity index is 2280. The van der Waals surface area contributed by atoms with E-state index in [0.29, 0.717) is 65.3 Å². The molecule has 4 rings (SSSR count).